The SMILES string of the molecule is CCOC1=NC(c2nc3ncc(N(CC4CC4)PC)nc3n2-c2c(O)cccc2OC)=C=C=C1. The third-order valence-electron chi connectivity index (χ3n) is 5.58. The Kier molecular flexibility index (Phi) is 6.08. The van der Waals surface area contributed by atoms with Gasteiger partial charge in [-0.25, -0.2) is 19.9 Å². The van der Waals surface area contributed by atoms with E-state index in [1.54, 1.807) is 42.1 Å². The third kappa shape index (κ3) is 4.17. The molecule has 1 aliphatic heterocycles. The van der Waals surface area contributed by atoms with Crippen LogP contribution in [0, 0.1) is 5.92 Å². The number of imidazole rings is 1. The Labute approximate surface area is 199 Å². The normalized spacial score (nSPS) is 15.1. The number of phenols is 1. The first kappa shape index (κ1) is 22.2. The van der Waals surface area contributed by atoms with E-state index >= 15 is 0 Å². The van der Waals surface area contributed by atoms with Gasteiger partial charge in [0.1, 0.15) is 17.2 Å². The Balaban J connectivity index is 1.75. The van der Waals surface area contributed by atoms with Gasteiger partial charge in [-0.2, -0.15) is 0 Å². The number of methoxy groups -OCH3 is 1. The van der Waals surface area contributed by atoms with Crippen LogP contribution >= 0.6 is 8.73 Å². The molecule has 0 bridgehead atoms. The molecule has 1 fully saturated rings. The zero-order chi connectivity index (χ0) is 23.7. The van der Waals surface area contributed by atoms with E-state index in [0.29, 0.717) is 61.4 Å². The average Bonchev–Trinajstić information content (AvgIpc) is 3.60. The molecule has 1 N–H and O–H groups in total. The van der Waals surface area contributed by atoms with Crippen LogP contribution in [0.25, 0.3) is 22.7 Å². The summed E-state index contributed by atoms with van der Waals surface area (Å²) < 4.78 is 15.1. The van der Waals surface area contributed by atoms with Crippen molar-refractivity contribution in [1.82, 2.24) is 19.5 Å². The minimum Gasteiger partial charge on any atom is -0.506 e. The molecular formula is C24H25N6O3P. The van der Waals surface area contributed by atoms with Crippen molar-refractivity contribution in [2.45, 2.75) is 19.8 Å². The lowest BCUT2D eigenvalue weighted by atomic mass is 10.2. The monoisotopic (exact) mass is 476 g/mol. The molecule has 174 valence electrons. The van der Waals surface area contributed by atoms with Gasteiger partial charge in [-0.1, -0.05) is 11.8 Å². The molecule has 1 atom stereocenters. The van der Waals surface area contributed by atoms with Gasteiger partial charge in [-0.05, 0) is 58.9 Å². The van der Waals surface area contributed by atoms with E-state index in [-0.39, 0.29) is 5.75 Å². The minimum absolute atomic E-state index is 0.0178. The Hall–Kier alpha value is -3.63. The summed E-state index contributed by atoms with van der Waals surface area (Å²) >= 11 is 0. The number of para-hydroxylation sites is 1. The van der Waals surface area contributed by atoms with Crippen molar-refractivity contribution in [3.05, 3.63) is 47.8 Å². The van der Waals surface area contributed by atoms with Gasteiger partial charge in [0.15, 0.2) is 28.6 Å². The molecule has 2 aliphatic rings. The molecule has 34 heavy (non-hydrogen) atoms. The van der Waals surface area contributed by atoms with E-state index in [2.05, 4.69) is 32.8 Å². The van der Waals surface area contributed by atoms with Crippen molar-refractivity contribution < 1.29 is 14.6 Å². The highest BCUT2D eigenvalue weighted by atomic mass is 31.1. The molecule has 2 aromatic heterocycles. The maximum Gasteiger partial charge on any atom is 0.223 e. The number of hydrogen-bond donors (Lipinski definition) is 1. The maximum atomic E-state index is 10.9. The van der Waals surface area contributed by atoms with Crippen molar-refractivity contribution in [1.29, 1.82) is 0 Å². The standard InChI is InChI=1S/C24H25N6O3P/c1-4-33-20-10-5-7-16(26-20)23-28-22-24(30(23)21-17(31)8-6-9-18(21)32-2)27-19(13-25-22)29(34-3)14-15-11-12-15/h6,8-10,13,15,31,34H,4,11-12,14H2,1-3H3. The van der Waals surface area contributed by atoms with E-state index in [1.807, 2.05) is 6.92 Å². The van der Waals surface area contributed by atoms with Gasteiger partial charge in [0.05, 0.1) is 26.0 Å². The summed E-state index contributed by atoms with van der Waals surface area (Å²) in [6.07, 6.45) is 5.88. The lowest BCUT2D eigenvalue weighted by molar-refractivity contribution is 0.330. The fourth-order valence-electron chi connectivity index (χ4n) is 3.77. The number of anilines is 1. The number of aliphatic imine (C=N–C) groups is 1. The van der Waals surface area contributed by atoms with Crippen LogP contribution < -0.4 is 9.41 Å². The van der Waals surface area contributed by atoms with Gasteiger partial charge in [0.2, 0.25) is 5.90 Å². The molecule has 0 spiro atoms. The third-order valence-corrected chi connectivity index (χ3v) is 6.53. The molecular weight excluding hydrogens is 451 g/mol. The van der Waals surface area contributed by atoms with Crippen molar-refractivity contribution in [3.63, 3.8) is 0 Å². The highest BCUT2D eigenvalue weighted by Crippen LogP contribution is 2.38. The molecule has 3 heterocycles. The lowest BCUT2D eigenvalue weighted by Gasteiger charge is -2.21. The van der Waals surface area contributed by atoms with Gasteiger partial charge in [-0.15, -0.1) is 0 Å². The molecule has 0 amide bonds. The zero-order valence-electron chi connectivity index (χ0n) is 19.2. The highest BCUT2D eigenvalue weighted by molar-refractivity contribution is 7.39. The van der Waals surface area contributed by atoms with Gasteiger partial charge in [0.25, 0.3) is 0 Å². The lowest BCUT2D eigenvalue weighted by Crippen LogP contribution is -2.17. The van der Waals surface area contributed by atoms with E-state index in [0.717, 1.165) is 12.4 Å². The molecule has 1 unspecified atom stereocenters. The Bertz CT molecular complexity index is 1380. The van der Waals surface area contributed by atoms with E-state index < -0.39 is 0 Å². The topological polar surface area (TPSA) is 97.9 Å². The maximum absolute atomic E-state index is 10.9. The summed E-state index contributed by atoms with van der Waals surface area (Å²) in [5, 5.41) is 10.9. The molecule has 1 aliphatic carbocycles. The molecule has 1 saturated carbocycles. The minimum atomic E-state index is 0.0178. The number of phenolic OH excluding ortho intramolecular Hbond substituents is 1. The fraction of sp³-hybridized carbons (Fsp3) is 0.333. The Morgan fingerprint density at radius 2 is 2.15 bits per heavy atom. The van der Waals surface area contributed by atoms with E-state index in [4.69, 9.17) is 19.4 Å². The summed E-state index contributed by atoms with van der Waals surface area (Å²) in [6.45, 7) is 5.44. The van der Waals surface area contributed by atoms with Crippen LogP contribution in [0.15, 0.2) is 46.9 Å². The fourth-order valence-corrected chi connectivity index (χ4v) is 4.54. The first-order valence-corrected chi connectivity index (χ1v) is 12.6. The van der Waals surface area contributed by atoms with Gasteiger partial charge in [-0.3, -0.25) is 4.57 Å². The first-order valence-electron chi connectivity index (χ1n) is 11.1. The summed E-state index contributed by atoms with van der Waals surface area (Å²) in [4.78, 5) is 18.8. The number of fused-ring (bicyclic) bond motifs is 1. The van der Waals surface area contributed by atoms with Gasteiger partial charge < -0.3 is 19.3 Å². The van der Waals surface area contributed by atoms with Crippen LogP contribution in [0.2, 0.25) is 0 Å². The van der Waals surface area contributed by atoms with E-state index in [1.165, 1.54) is 12.8 Å². The molecule has 5 rings (SSSR count). The summed E-state index contributed by atoms with van der Waals surface area (Å²) in [7, 11) is 2.11. The van der Waals surface area contributed by atoms with Gasteiger partial charge >= 0.3 is 0 Å². The number of aromatic nitrogens is 4. The largest absolute Gasteiger partial charge is 0.506 e. The van der Waals surface area contributed by atoms with Crippen LogP contribution in [0.3, 0.4) is 0 Å². The summed E-state index contributed by atoms with van der Waals surface area (Å²) in [5.74, 6) is 2.77. The van der Waals surface area contributed by atoms with Crippen LogP contribution in [-0.2, 0) is 4.74 Å². The number of rotatable bonds is 8. The Morgan fingerprint density at radius 3 is 2.88 bits per heavy atom. The van der Waals surface area contributed by atoms with Gasteiger partial charge in [0, 0.05) is 6.54 Å². The summed E-state index contributed by atoms with van der Waals surface area (Å²) in [6, 6.07) is 5.09. The molecule has 1 aromatic carbocycles. The summed E-state index contributed by atoms with van der Waals surface area (Å²) in [5.41, 5.74) is 7.65. The van der Waals surface area contributed by atoms with Crippen molar-refractivity contribution in [2.24, 2.45) is 10.9 Å². The quantitative estimate of drug-likeness (QED) is 0.387. The predicted molar refractivity (Wildman–Crippen MR) is 133 cm³/mol. The molecule has 0 radical (unpaired) electrons. The second-order valence-corrected chi connectivity index (χ2v) is 8.88. The van der Waals surface area contributed by atoms with Crippen molar-refractivity contribution >= 4 is 37.4 Å². The zero-order valence-corrected chi connectivity index (χ0v) is 20.2. The number of ether oxygens (including phenoxy) is 2. The van der Waals surface area contributed by atoms with Crippen LogP contribution in [0.1, 0.15) is 25.6 Å². The molecule has 10 heteroatoms. The Morgan fingerprint density at radius 1 is 1.29 bits per heavy atom. The van der Waals surface area contributed by atoms with Crippen LogP contribution in [0.5, 0.6) is 11.5 Å². The number of aromatic hydroxyl groups is 1. The second-order valence-electron chi connectivity index (χ2n) is 7.90. The smallest absolute Gasteiger partial charge is 0.223 e. The van der Waals surface area contributed by atoms with Crippen LogP contribution in [-0.4, -0.2) is 57.4 Å². The van der Waals surface area contributed by atoms with Crippen LogP contribution in [0.4, 0.5) is 5.82 Å². The predicted octanol–water partition coefficient (Wildman–Crippen LogP) is 4.07. The first-order chi connectivity index (χ1) is 16.6. The number of nitrogens with zero attached hydrogens (tertiary/aromatic N) is 6. The molecule has 0 saturated heterocycles. The van der Waals surface area contributed by atoms with E-state index in [9.17, 15) is 5.11 Å². The second kappa shape index (κ2) is 9.32. The number of benzene rings is 1. The van der Waals surface area contributed by atoms with Crippen molar-refractivity contribution in [3.8, 4) is 17.2 Å². The highest BCUT2D eigenvalue weighted by Gasteiger charge is 2.27. The number of hydrogen-bond acceptors (Lipinski definition) is 8. The average molecular weight is 476 g/mol. The molecule has 3 aromatic rings. The van der Waals surface area contributed by atoms with Crippen molar-refractivity contribution in [2.75, 3.05) is 31.6 Å². The molecule has 9 nitrogen and oxygen atoms in total.